The van der Waals surface area contributed by atoms with Crippen molar-refractivity contribution in [1.82, 2.24) is 19.6 Å². The lowest BCUT2D eigenvalue weighted by molar-refractivity contribution is -0.659. The van der Waals surface area contributed by atoms with E-state index in [0.717, 1.165) is 53.4 Å². The van der Waals surface area contributed by atoms with Crippen molar-refractivity contribution in [1.29, 1.82) is 0 Å². The van der Waals surface area contributed by atoms with Gasteiger partial charge in [0.05, 0.1) is 39.6 Å². The van der Waals surface area contributed by atoms with E-state index >= 15 is 0 Å². The first-order valence-corrected chi connectivity index (χ1v) is 12.1. The van der Waals surface area contributed by atoms with E-state index in [1.165, 1.54) is 0 Å². The second-order valence-corrected chi connectivity index (χ2v) is 8.94. The standard InChI is InChI=1S/C25H32N12.2BrH/c1-18-14-20(30-32-24-34(3)16-28-36(24)5)8-10-22(18)26-12-7-13-27-23-11-9-21(15-19(23)2)31-33-25-35(4)17-29-37(25)6;;/h8-11,14-17H,7,12-13H2,1-6H3;2*1H. The van der Waals surface area contributed by atoms with E-state index in [9.17, 15) is 0 Å². The van der Waals surface area contributed by atoms with Crippen molar-refractivity contribution >= 4 is 34.6 Å². The topological polar surface area (TPSA) is 117 Å². The van der Waals surface area contributed by atoms with Gasteiger partial charge in [0.15, 0.2) is 0 Å². The Kier molecular flexibility index (Phi) is 11.9. The molecule has 0 fully saturated rings. The molecule has 0 aliphatic carbocycles. The minimum atomic E-state index is 0. The Bertz CT molecular complexity index is 1290. The quantitative estimate of drug-likeness (QED) is 0.118. The average molecular weight is 662 g/mol. The normalized spacial score (nSPS) is 11.0. The monoisotopic (exact) mass is 660 g/mol. The first-order valence-electron chi connectivity index (χ1n) is 12.1. The predicted octanol–water partition coefficient (Wildman–Crippen LogP) is -1.83. The molecule has 0 unspecified atom stereocenters. The number of hydrogen-bond donors (Lipinski definition) is 2. The molecule has 0 aliphatic heterocycles. The van der Waals surface area contributed by atoms with Crippen LogP contribution in [0.4, 0.5) is 34.6 Å². The smallest absolute Gasteiger partial charge is 0.403 e. The number of nitrogens with zero attached hydrogens (tertiary/aromatic N) is 10. The van der Waals surface area contributed by atoms with Gasteiger partial charge in [0.25, 0.3) is 0 Å². The van der Waals surface area contributed by atoms with Crippen LogP contribution in [0.5, 0.6) is 0 Å². The lowest BCUT2D eigenvalue weighted by atomic mass is 10.1. The van der Waals surface area contributed by atoms with Gasteiger partial charge in [-0.05, 0) is 78.0 Å². The van der Waals surface area contributed by atoms with E-state index in [-0.39, 0.29) is 34.0 Å². The third-order valence-electron chi connectivity index (χ3n) is 5.92. The molecule has 2 heterocycles. The van der Waals surface area contributed by atoms with Crippen LogP contribution in [0.2, 0.25) is 0 Å². The molecule has 0 atom stereocenters. The van der Waals surface area contributed by atoms with Crippen LogP contribution in [0.25, 0.3) is 0 Å². The summed E-state index contributed by atoms with van der Waals surface area (Å²) >= 11 is 0. The van der Waals surface area contributed by atoms with E-state index in [2.05, 4.69) is 55.1 Å². The average Bonchev–Trinajstić information content (AvgIpc) is 3.37. The molecule has 0 saturated carbocycles. The van der Waals surface area contributed by atoms with E-state index in [1.807, 2.05) is 73.7 Å². The van der Waals surface area contributed by atoms with Gasteiger partial charge in [-0.3, -0.25) is 0 Å². The van der Waals surface area contributed by atoms with Crippen molar-refractivity contribution in [3.05, 3.63) is 60.2 Å². The van der Waals surface area contributed by atoms with Gasteiger partial charge in [-0.1, -0.05) is 10.2 Å². The number of anilines is 2. The zero-order valence-corrected chi connectivity index (χ0v) is 26.1. The number of hydrogen-bond acceptors (Lipinski definition) is 8. The van der Waals surface area contributed by atoms with Gasteiger partial charge < -0.3 is 44.6 Å². The minimum Gasteiger partial charge on any atom is -1.00 e. The SMILES string of the molecule is Cc1cc(N=Nc2n(C)nc[n+]2C)ccc1NCCCNc1ccc(N=Nc2n(C)nc[n+]2C)cc1C.[Br-].[Br-]. The fourth-order valence-corrected chi connectivity index (χ4v) is 3.80. The predicted molar refractivity (Wildman–Crippen MR) is 141 cm³/mol. The molecule has 0 amide bonds. The van der Waals surface area contributed by atoms with E-state index in [0.29, 0.717) is 11.9 Å². The Morgan fingerprint density at radius 2 is 1.10 bits per heavy atom. The van der Waals surface area contributed by atoms with Crippen molar-refractivity contribution in [2.45, 2.75) is 20.3 Å². The Labute approximate surface area is 249 Å². The first-order chi connectivity index (χ1) is 17.8. The van der Waals surface area contributed by atoms with Crippen LogP contribution in [-0.4, -0.2) is 32.7 Å². The second kappa shape index (κ2) is 14.6. The fourth-order valence-electron chi connectivity index (χ4n) is 3.80. The molecule has 2 N–H and O–H groups in total. The minimum absolute atomic E-state index is 0. The zero-order chi connectivity index (χ0) is 26.4. The van der Waals surface area contributed by atoms with Gasteiger partial charge in [-0.15, -0.1) is 9.36 Å². The summed E-state index contributed by atoms with van der Waals surface area (Å²) in [6.07, 6.45) is 4.38. The number of aryl methyl sites for hydroxylation is 6. The van der Waals surface area contributed by atoms with Gasteiger partial charge in [0.1, 0.15) is 0 Å². The summed E-state index contributed by atoms with van der Waals surface area (Å²) in [4.78, 5) is 0. The highest BCUT2D eigenvalue weighted by Gasteiger charge is 2.12. The third kappa shape index (κ3) is 8.23. The summed E-state index contributed by atoms with van der Waals surface area (Å²) in [7, 11) is 7.47. The molecule has 0 aliphatic rings. The number of aromatic nitrogens is 6. The Morgan fingerprint density at radius 3 is 1.44 bits per heavy atom. The number of halogens is 2. The first kappa shape index (κ1) is 31.7. The fraction of sp³-hybridized carbons (Fsp3) is 0.360. The number of azo groups is 2. The maximum atomic E-state index is 4.35. The van der Waals surface area contributed by atoms with Gasteiger partial charge in [0.2, 0.25) is 12.7 Å². The highest BCUT2D eigenvalue weighted by molar-refractivity contribution is 5.58. The van der Waals surface area contributed by atoms with Crippen LogP contribution in [0, 0.1) is 13.8 Å². The van der Waals surface area contributed by atoms with Crippen LogP contribution >= 0.6 is 0 Å². The second-order valence-electron chi connectivity index (χ2n) is 8.94. The van der Waals surface area contributed by atoms with E-state index < -0.39 is 0 Å². The Balaban J connectivity index is 0.00000267. The molecule has 14 heteroatoms. The molecule has 0 saturated heterocycles. The molecule has 39 heavy (non-hydrogen) atoms. The molecule has 0 radical (unpaired) electrons. The van der Waals surface area contributed by atoms with Crippen LogP contribution in [0.1, 0.15) is 17.5 Å². The zero-order valence-electron chi connectivity index (χ0n) is 23.0. The lowest BCUT2D eigenvalue weighted by Crippen LogP contribution is -3.00. The molecule has 4 rings (SSSR count). The van der Waals surface area contributed by atoms with Crippen LogP contribution in [0.3, 0.4) is 0 Å². The van der Waals surface area contributed by atoms with Crippen molar-refractivity contribution in [3.8, 4) is 0 Å². The molecule has 0 spiro atoms. The van der Waals surface area contributed by atoms with Gasteiger partial charge >= 0.3 is 11.9 Å². The van der Waals surface area contributed by atoms with Gasteiger partial charge in [-0.2, -0.15) is 0 Å². The van der Waals surface area contributed by atoms with Crippen molar-refractivity contribution < 1.29 is 43.1 Å². The summed E-state index contributed by atoms with van der Waals surface area (Å²) in [5, 5.41) is 32.7. The summed E-state index contributed by atoms with van der Waals surface area (Å²) in [6, 6.07) is 12.1. The van der Waals surface area contributed by atoms with Gasteiger partial charge in [0, 0.05) is 34.7 Å². The molecule has 2 aromatic carbocycles. The molecular weight excluding hydrogens is 628 g/mol. The number of rotatable bonds is 10. The van der Waals surface area contributed by atoms with Crippen molar-refractivity contribution in [2.75, 3.05) is 23.7 Å². The van der Waals surface area contributed by atoms with E-state index in [4.69, 9.17) is 0 Å². The molecular formula is C25H34Br2N12. The summed E-state index contributed by atoms with van der Waals surface area (Å²) in [5.41, 5.74) is 6.05. The third-order valence-corrected chi connectivity index (χ3v) is 5.92. The maximum Gasteiger partial charge on any atom is 0.403 e. The molecule has 2 aromatic heterocycles. The Hall–Kier alpha value is -3.52. The summed E-state index contributed by atoms with van der Waals surface area (Å²) < 4.78 is 7.02. The molecule has 0 bridgehead atoms. The lowest BCUT2D eigenvalue weighted by Gasteiger charge is -2.12. The number of benzene rings is 2. The maximum absolute atomic E-state index is 4.35. The van der Waals surface area contributed by atoms with E-state index in [1.54, 1.807) is 22.0 Å². The highest BCUT2D eigenvalue weighted by atomic mass is 79.9. The van der Waals surface area contributed by atoms with Crippen molar-refractivity contribution in [2.24, 2.45) is 48.6 Å². The van der Waals surface area contributed by atoms with Gasteiger partial charge in [-0.25, -0.2) is 9.13 Å². The van der Waals surface area contributed by atoms with Crippen LogP contribution < -0.4 is 53.7 Å². The molecule has 4 aromatic rings. The largest absolute Gasteiger partial charge is 1.00 e. The molecule has 208 valence electrons. The highest BCUT2D eigenvalue weighted by Crippen LogP contribution is 2.24. The molecule has 12 nitrogen and oxygen atoms in total. The summed E-state index contributed by atoms with van der Waals surface area (Å²) in [5.74, 6) is 1.36. The van der Waals surface area contributed by atoms with Crippen LogP contribution in [-0.2, 0) is 28.2 Å². The number of nitrogens with one attached hydrogen (secondary N) is 2. The van der Waals surface area contributed by atoms with Crippen LogP contribution in [0.15, 0.2) is 69.5 Å². The summed E-state index contributed by atoms with van der Waals surface area (Å²) in [6.45, 7) is 5.85. The van der Waals surface area contributed by atoms with Crippen molar-refractivity contribution in [3.63, 3.8) is 0 Å². The Morgan fingerprint density at radius 1 is 0.692 bits per heavy atom.